The first-order valence-corrected chi connectivity index (χ1v) is 19.0. The molecule has 3 amide bonds. The van der Waals surface area contributed by atoms with Crippen molar-refractivity contribution in [3.05, 3.63) is 11.1 Å². The predicted octanol–water partition coefficient (Wildman–Crippen LogP) is 4.81. The average molecular weight is 700 g/mol. The molecule has 2 heterocycles. The smallest absolute Gasteiger partial charge is 0.457 e. The molecule has 2 N–H and O–H groups in total. The van der Waals surface area contributed by atoms with Crippen LogP contribution < -0.4 is 10.6 Å². The van der Waals surface area contributed by atoms with Crippen LogP contribution in [0, 0.1) is 0 Å². The predicted molar refractivity (Wildman–Crippen MR) is 178 cm³/mol. The maximum Gasteiger partial charge on any atom is 0.508 e. The van der Waals surface area contributed by atoms with Gasteiger partial charge >= 0.3 is 18.2 Å². The van der Waals surface area contributed by atoms with Crippen LogP contribution in [0.3, 0.4) is 0 Å². The maximum absolute atomic E-state index is 13.7. The van der Waals surface area contributed by atoms with E-state index in [-0.39, 0.29) is 34.1 Å². The summed E-state index contributed by atoms with van der Waals surface area (Å²) in [6, 6.07) is -1.78. The highest BCUT2D eigenvalue weighted by atomic mass is 32.1. The van der Waals surface area contributed by atoms with Gasteiger partial charge in [0.2, 0.25) is 12.5 Å². The highest BCUT2D eigenvalue weighted by Gasteiger charge is 2.58. The molecule has 0 bridgehead atoms. The lowest BCUT2D eigenvalue weighted by Gasteiger charge is -2.57. The van der Waals surface area contributed by atoms with Gasteiger partial charge in [0.15, 0.2) is 19.1 Å². The van der Waals surface area contributed by atoms with E-state index in [1.165, 1.54) is 5.38 Å². The molecule has 0 spiro atoms. The molecule has 1 aliphatic rings. The van der Waals surface area contributed by atoms with Crippen molar-refractivity contribution in [2.24, 2.45) is 5.16 Å². The second-order valence-corrected chi connectivity index (χ2v) is 20.7. The van der Waals surface area contributed by atoms with Crippen LogP contribution >= 0.6 is 11.3 Å². The molecule has 2 rings (SSSR count). The average Bonchev–Trinajstić information content (AvgIpc) is 3.31. The molecule has 1 aromatic rings. The topological polar surface area (TPSA) is 184 Å². The monoisotopic (exact) mass is 699 g/mol. The summed E-state index contributed by atoms with van der Waals surface area (Å²) in [6.45, 7) is 22.8. The first kappa shape index (κ1) is 39.4. The van der Waals surface area contributed by atoms with Crippen LogP contribution in [0.25, 0.3) is 0 Å². The van der Waals surface area contributed by atoms with Gasteiger partial charge in [-0.3, -0.25) is 14.9 Å². The fourth-order valence-electron chi connectivity index (χ4n) is 4.07. The van der Waals surface area contributed by atoms with Crippen molar-refractivity contribution in [2.75, 3.05) is 18.5 Å². The third-order valence-electron chi connectivity index (χ3n) is 6.98. The summed E-state index contributed by atoms with van der Waals surface area (Å²) >= 11 is 0.987. The molecule has 1 aromatic heterocycles. The third-order valence-corrected chi connectivity index (χ3v) is 13.2. The zero-order valence-electron chi connectivity index (χ0n) is 29.6. The Kier molecular flexibility index (Phi) is 12.6. The summed E-state index contributed by atoms with van der Waals surface area (Å²) in [5, 5.41) is 10.3. The SMILES string of the molecule is CC(C)OC(=O)OCC1C(NC(=O)/C(=N\OCC(=O)OC(C)(C)C)c2csc(NC(=O)OC(C)(C)C)n2)C(=O)N1[Si](C)(C)C(C)(C)C. The standard InChI is InChI=1S/C30H49N5O10SSi/c1-17(2)43-27(40)41-14-19-22(24(38)35(19)47(12,13)30(9,10)11)32-23(37)21(34-42-15-20(36)44-28(3,4)5)18-16-46-25(31-18)33-26(39)45-29(6,7)8/h16-17,19,22H,14-15H2,1-13H3,(H,32,37)(H,31,33,39)/b34-21-. The van der Waals surface area contributed by atoms with Gasteiger partial charge in [-0.1, -0.05) is 39.0 Å². The molecular weight excluding hydrogens is 651 g/mol. The zero-order chi connectivity index (χ0) is 36.1. The number of amides is 3. The molecule has 1 fully saturated rings. The van der Waals surface area contributed by atoms with Crippen molar-refractivity contribution in [1.29, 1.82) is 0 Å². The third kappa shape index (κ3) is 11.5. The number of hydrogen-bond donors (Lipinski definition) is 2. The number of esters is 1. The van der Waals surface area contributed by atoms with E-state index in [0.29, 0.717) is 0 Å². The van der Waals surface area contributed by atoms with Gasteiger partial charge in [0.25, 0.3) is 5.91 Å². The van der Waals surface area contributed by atoms with Crippen molar-refractivity contribution in [2.45, 2.75) is 124 Å². The summed E-state index contributed by atoms with van der Waals surface area (Å²) in [4.78, 5) is 73.5. The lowest BCUT2D eigenvalue weighted by molar-refractivity contribution is -0.160. The van der Waals surface area contributed by atoms with E-state index >= 15 is 0 Å². The Morgan fingerprint density at radius 3 is 2.15 bits per heavy atom. The van der Waals surface area contributed by atoms with E-state index in [2.05, 4.69) is 20.8 Å². The number of nitrogens with zero attached hydrogens (tertiary/aromatic N) is 3. The fourth-order valence-corrected chi connectivity index (χ4v) is 7.22. The van der Waals surface area contributed by atoms with Crippen LogP contribution in [0.1, 0.15) is 81.9 Å². The largest absolute Gasteiger partial charge is 0.508 e. The van der Waals surface area contributed by atoms with Crippen molar-refractivity contribution < 1.29 is 47.8 Å². The van der Waals surface area contributed by atoms with Gasteiger partial charge in [-0.15, -0.1) is 11.3 Å². The van der Waals surface area contributed by atoms with E-state index in [0.717, 1.165) is 11.3 Å². The Morgan fingerprint density at radius 2 is 1.62 bits per heavy atom. The highest BCUT2D eigenvalue weighted by Crippen LogP contribution is 2.43. The summed E-state index contributed by atoms with van der Waals surface area (Å²) in [6.07, 6.45) is -2.07. The van der Waals surface area contributed by atoms with Gasteiger partial charge < -0.3 is 33.7 Å². The van der Waals surface area contributed by atoms with Gasteiger partial charge in [-0.25, -0.2) is 19.4 Å². The van der Waals surface area contributed by atoms with Crippen LogP contribution in [0.5, 0.6) is 0 Å². The Bertz CT molecular complexity index is 1360. The van der Waals surface area contributed by atoms with E-state index < -0.39 is 68.4 Å². The summed E-state index contributed by atoms with van der Waals surface area (Å²) in [5.41, 5.74) is -1.92. The second-order valence-electron chi connectivity index (χ2n) is 14.7. The Labute approximate surface area is 281 Å². The van der Waals surface area contributed by atoms with Crippen molar-refractivity contribution in [3.63, 3.8) is 0 Å². The summed E-state index contributed by atoms with van der Waals surface area (Å²) < 4.78 is 22.6. The molecule has 17 heteroatoms. The van der Waals surface area contributed by atoms with Crippen molar-refractivity contribution >= 4 is 60.4 Å². The van der Waals surface area contributed by atoms with Crippen molar-refractivity contribution in [1.82, 2.24) is 14.9 Å². The van der Waals surface area contributed by atoms with Gasteiger partial charge in [-0.05, 0) is 60.4 Å². The van der Waals surface area contributed by atoms with Crippen LogP contribution in [-0.4, -0.2) is 96.1 Å². The number of rotatable bonds is 11. The molecule has 0 saturated carbocycles. The molecule has 0 radical (unpaired) electrons. The number of β-lactam (4-membered cyclic amide) rings is 1. The van der Waals surface area contributed by atoms with Gasteiger partial charge in [0, 0.05) is 5.38 Å². The molecule has 2 atom stereocenters. The lowest BCUT2D eigenvalue weighted by Crippen LogP contribution is -2.80. The minimum atomic E-state index is -2.49. The van der Waals surface area contributed by atoms with E-state index in [1.54, 1.807) is 60.0 Å². The van der Waals surface area contributed by atoms with E-state index in [1.807, 2.05) is 33.9 Å². The maximum atomic E-state index is 13.7. The molecule has 0 aliphatic carbocycles. The number of carbonyl (C=O) groups is 5. The Hall–Kier alpha value is -3.73. The van der Waals surface area contributed by atoms with Crippen LogP contribution in [0.4, 0.5) is 14.7 Å². The zero-order valence-corrected chi connectivity index (χ0v) is 31.4. The Balaban J connectivity index is 2.38. The molecule has 1 aliphatic heterocycles. The number of aromatic nitrogens is 1. The van der Waals surface area contributed by atoms with Crippen LogP contribution in [0.2, 0.25) is 18.1 Å². The molecule has 47 heavy (non-hydrogen) atoms. The number of hydrogen-bond acceptors (Lipinski definition) is 13. The normalized spacial score (nSPS) is 17.4. The molecule has 0 aromatic carbocycles. The number of nitrogens with one attached hydrogen (secondary N) is 2. The van der Waals surface area contributed by atoms with Crippen molar-refractivity contribution in [3.8, 4) is 0 Å². The molecular formula is C30H49N5O10SSi. The van der Waals surface area contributed by atoms with Gasteiger partial charge in [-0.2, -0.15) is 0 Å². The number of ether oxygens (including phenoxy) is 4. The second kappa shape index (κ2) is 15.0. The number of oxime groups is 1. The highest BCUT2D eigenvalue weighted by molar-refractivity contribution is 7.14. The minimum Gasteiger partial charge on any atom is -0.457 e. The molecule has 1 saturated heterocycles. The molecule has 264 valence electrons. The first-order valence-electron chi connectivity index (χ1n) is 15.2. The number of anilines is 1. The summed E-state index contributed by atoms with van der Waals surface area (Å²) in [5.74, 6) is -1.93. The number of carbonyl (C=O) groups excluding carboxylic acids is 5. The van der Waals surface area contributed by atoms with Crippen LogP contribution in [0.15, 0.2) is 10.5 Å². The quantitative estimate of drug-likeness (QED) is 0.0807. The fraction of sp³-hybridized carbons (Fsp3) is 0.700. The summed E-state index contributed by atoms with van der Waals surface area (Å²) in [7, 11) is -2.49. The lowest BCUT2D eigenvalue weighted by atomic mass is 9.99. The molecule has 15 nitrogen and oxygen atoms in total. The van der Waals surface area contributed by atoms with Crippen LogP contribution in [-0.2, 0) is 38.2 Å². The minimum absolute atomic E-state index is 0.0101. The first-order chi connectivity index (χ1) is 21.3. The molecule has 2 unspecified atom stereocenters. The Morgan fingerprint density at radius 1 is 1.02 bits per heavy atom. The number of thiazole rings is 1. The van der Waals surface area contributed by atoms with Gasteiger partial charge in [0.05, 0.1) is 12.1 Å². The van der Waals surface area contributed by atoms with E-state index in [9.17, 15) is 24.0 Å². The van der Waals surface area contributed by atoms with Gasteiger partial charge in [0.1, 0.15) is 29.5 Å². The van der Waals surface area contributed by atoms with E-state index in [4.69, 9.17) is 23.8 Å².